The first-order valence-corrected chi connectivity index (χ1v) is 6.26. The van der Waals surface area contributed by atoms with Gasteiger partial charge in [-0.2, -0.15) is 5.10 Å². The molecular formula is C11H11Cl3N4. The van der Waals surface area contributed by atoms with E-state index in [0.717, 1.165) is 11.3 Å². The van der Waals surface area contributed by atoms with Crippen molar-refractivity contribution >= 4 is 34.8 Å². The first kappa shape index (κ1) is 13.6. The summed E-state index contributed by atoms with van der Waals surface area (Å²) in [4.78, 5) is 0. The Labute approximate surface area is 120 Å². The van der Waals surface area contributed by atoms with Gasteiger partial charge in [-0.05, 0) is 17.7 Å². The Bertz CT molecular complexity index is 548. The average molecular weight is 306 g/mol. The van der Waals surface area contributed by atoms with Crippen molar-refractivity contribution in [3.05, 3.63) is 50.7 Å². The average Bonchev–Trinajstić information content (AvgIpc) is 2.66. The Morgan fingerprint density at radius 2 is 1.94 bits per heavy atom. The third kappa shape index (κ3) is 2.48. The Hall–Kier alpha value is -0.780. The standard InChI is InChI=1S/C11H11Cl3N4/c1-18-11(9(14)5-16-18)10(17-15)6-2-3-7(12)8(13)4-6/h2-5,10,17H,15H2,1H3. The number of nitrogens with two attached hydrogens (primary N) is 1. The SMILES string of the molecule is Cn1ncc(Cl)c1C(NN)c1ccc(Cl)c(Cl)c1. The summed E-state index contributed by atoms with van der Waals surface area (Å²) < 4.78 is 1.66. The minimum Gasteiger partial charge on any atom is -0.271 e. The molecule has 0 spiro atoms. The predicted octanol–water partition coefficient (Wildman–Crippen LogP) is 2.93. The van der Waals surface area contributed by atoms with Gasteiger partial charge in [-0.15, -0.1) is 0 Å². The molecule has 1 unspecified atom stereocenters. The highest BCUT2D eigenvalue weighted by atomic mass is 35.5. The summed E-state index contributed by atoms with van der Waals surface area (Å²) in [7, 11) is 1.79. The number of nitrogens with one attached hydrogen (secondary N) is 1. The molecular weight excluding hydrogens is 295 g/mol. The molecule has 2 rings (SSSR count). The van der Waals surface area contributed by atoms with Gasteiger partial charge in [0.05, 0.1) is 33.0 Å². The normalized spacial score (nSPS) is 12.7. The molecule has 0 bridgehead atoms. The Balaban J connectivity index is 2.48. The number of nitrogens with zero attached hydrogens (tertiary/aromatic N) is 2. The largest absolute Gasteiger partial charge is 0.271 e. The number of aromatic nitrogens is 2. The van der Waals surface area contributed by atoms with E-state index >= 15 is 0 Å². The van der Waals surface area contributed by atoms with Gasteiger partial charge >= 0.3 is 0 Å². The van der Waals surface area contributed by atoms with Crippen LogP contribution in [0.3, 0.4) is 0 Å². The number of aryl methyl sites for hydroxylation is 1. The lowest BCUT2D eigenvalue weighted by atomic mass is 10.0. The van der Waals surface area contributed by atoms with Gasteiger partial charge in [-0.3, -0.25) is 10.5 Å². The van der Waals surface area contributed by atoms with Gasteiger partial charge in [0, 0.05) is 7.05 Å². The van der Waals surface area contributed by atoms with Crippen LogP contribution in [0.1, 0.15) is 17.3 Å². The summed E-state index contributed by atoms with van der Waals surface area (Å²) in [6, 6.07) is 4.99. The highest BCUT2D eigenvalue weighted by Crippen LogP contribution is 2.31. The van der Waals surface area contributed by atoms with E-state index in [0.29, 0.717) is 15.1 Å². The van der Waals surface area contributed by atoms with Crippen molar-refractivity contribution in [3.63, 3.8) is 0 Å². The maximum Gasteiger partial charge on any atom is 0.0893 e. The zero-order chi connectivity index (χ0) is 13.3. The van der Waals surface area contributed by atoms with Crippen LogP contribution in [0.2, 0.25) is 15.1 Å². The molecule has 0 fully saturated rings. The van der Waals surface area contributed by atoms with Crippen LogP contribution in [0.25, 0.3) is 0 Å². The molecule has 3 N–H and O–H groups in total. The highest BCUT2D eigenvalue weighted by molar-refractivity contribution is 6.42. The summed E-state index contributed by atoms with van der Waals surface area (Å²) in [6.45, 7) is 0. The fourth-order valence-electron chi connectivity index (χ4n) is 1.77. The number of hydrazine groups is 1. The molecule has 0 radical (unpaired) electrons. The molecule has 0 aliphatic rings. The van der Waals surface area contributed by atoms with Crippen molar-refractivity contribution in [2.45, 2.75) is 6.04 Å². The third-order valence-corrected chi connectivity index (χ3v) is 3.68. The molecule has 7 heteroatoms. The van der Waals surface area contributed by atoms with Crippen molar-refractivity contribution in [1.82, 2.24) is 15.2 Å². The zero-order valence-corrected chi connectivity index (χ0v) is 11.8. The quantitative estimate of drug-likeness (QED) is 0.677. The molecule has 96 valence electrons. The van der Waals surface area contributed by atoms with E-state index < -0.39 is 0 Å². The van der Waals surface area contributed by atoms with Crippen LogP contribution in [-0.4, -0.2) is 9.78 Å². The number of benzene rings is 1. The lowest BCUT2D eigenvalue weighted by molar-refractivity contribution is 0.575. The third-order valence-electron chi connectivity index (χ3n) is 2.65. The highest BCUT2D eigenvalue weighted by Gasteiger charge is 2.20. The van der Waals surface area contributed by atoms with Gasteiger partial charge in [0.15, 0.2) is 0 Å². The van der Waals surface area contributed by atoms with Gasteiger partial charge < -0.3 is 0 Å². The van der Waals surface area contributed by atoms with Crippen LogP contribution in [0.4, 0.5) is 0 Å². The molecule has 0 saturated carbocycles. The summed E-state index contributed by atoms with van der Waals surface area (Å²) in [5, 5.41) is 5.57. The predicted molar refractivity (Wildman–Crippen MR) is 73.8 cm³/mol. The zero-order valence-electron chi connectivity index (χ0n) is 9.49. The first-order valence-electron chi connectivity index (χ1n) is 5.13. The minimum atomic E-state index is -0.306. The van der Waals surface area contributed by atoms with Crippen molar-refractivity contribution < 1.29 is 0 Å². The molecule has 1 atom stereocenters. The molecule has 18 heavy (non-hydrogen) atoms. The van der Waals surface area contributed by atoms with Crippen LogP contribution >= 0.6 is 34.8 Å². The molecule has 0 amide bonds. The monoisotopic (exact) mass is 304 g/mol. The summed E-state index contributed by atoms with van der Waals surface area (Å²) in [5.41, 5.74) is 4.32. The maximum atomic E-state index is 6.10. The number of halogens is 3. The van der Waals surface area contributed by atoms with E-state index in [-0.39, 0.29) is 6.04 Å². The molecule has 1 heterocycles. The second-order valence-electron chi connectivity index (χ2n) is 3.77. The molecule has 1 aromatic heterocycles. The van der Waals surface area contributed by atoms with E-state index in [1.807, 2.05) is 6.07 Å². The molecule has 0 aliphatic heterocycles. The van der Waals surface area contributed by atoms with Crippen LogP contribution < -0.4 is 11.3 Å². The van der Waals surface area contributed by atoms with E-state index in [9.17, 15) is 0 Å². The number of hydrogen-bond acceptors (Lipinski definition) is 3. The van der Waals surface area contributed by atoms with Gasteiger partial charge in [0.1, 0.15) is 0 Å². The lowest BCUT2D eigenvalue weighted by Crippen LogP contribution is -2.30. The minimum absolute atomic E-state index is 0.306. The summed E-state index contributed by atoms with van der Waals surface area (Å²) in [5.74, 6) is 5.60. The van der Waals surface area contributed by atoms with Crippen LogP contribution in [0.5, 0.6) is 0 Å². The molecule has 4 nitrogen and oxygen atoms in total. The van der Waals surface area contributed by atoms with Gasteiger partial charge in [-0.1, -0.05) is 40.9 Å². The van der Waals surface area contributed by atoms with E-state index in [4.69, 9.17) is 40.6 Å². The van der Waals surface area contributed by atoms with Crippen LogP contribution in [0, 0.1) is 0 Å². The van der Waals surface area contributed by atoms with Crippen molar-refractivity contribution in [1.29, 1.82) is 0 Å². The molecule has 0 saturated heterocycles. The number of hydrogen-bond donors (Lipinski definition) is 2. The second-order valence-corrected chi connectivity index (χ2v) is 5.00. The lowest BCUT2D eigenvalue weighted by Gasteiger charge is -2.18. The van der Waals surface area contributed by atoms with E-state index in [2.05, 4.69) is 10.5 Å². The smallest absolute Gasteiger partial charge is 0.0893 e. The fourth-order valence-corrected chi connectivity index (χ4v) is 2.35. The van der Waals surface area contributed by atoms with Gasteiger partial charge in [0.25, 0.3) is 0 Å². The Morgan fingerprint density at radius 1 is 1.22 bits per heavy atom. The van der Waals surface area contributed by atoms with Crippen molar-refractivity contribution in [3.8, 4) is 0 Å². The summed E-state index contributed by atoms with van der Waals surface area (Å²) in [6.07, 6.45) is 1.57. The van der Waals surface area contributed by atoms with Gasteiger partial charge in [0.2, 0.25) is 0 Å². The molecule has 1 aromatic carbocycles. The van der Waals surface area contributed by atoms with Gasteiger partial charge in [-0.25, -0.2) is 5.43 Å². The topological polar surface area (TPSA) is 55.9 Å². The van der Waals surface area contributed by atoms with Crippen LogP contribution in [0.15, 0.2) is 24.4 Å². The number of rotatable bonds is 3. The van der Waals surface area contributed by atoms with Crippen molar-refractivity contribution in [2.24, 2.45) is 12.9 Å². The second kappa shape index (κ2) is 5.47. The molecule has 0 aliphatic carbocycles. The Morgan fingerprint density at radius 3 is 2.44 bits per heavy atom. The fraction of sp³-hybridized carbons (Fsp3) is 0.182. The van der Waals surface area contributed by atoms with Crippen LogP contribution in [-0.2, 0) is 7.05 Å². The van der Waals surface area contributed by atoms with Crippen molar-refractivity contribution in [2.75, 3.05) is 0 Å². The Kier molecular flexibility index (Phi) is 4.14. The maximum absolute atomic E-state index is 6.10. The van der Waals surface area contributed by atoms with E-state index in [1.165, 1.54) is 0 Å². The molecule has 2 aromatic rings. The first-order chi connectivity index (χ1) is 8.54. The summed E-state index contributed by atoms with van der Waals surface area (Å²) >= 11 is 18.0. The van der Waals surface area contributed by atoms with E-state index in [1.54, 1.807) is 30.1 Å².